The molecule has 0 aliphatic rings. The zero-order valence-electron chi connectivity index (χ0n) is 13.7. The van der Waals surface area contributed by atoms with Crippen molar-refractivity contribution in [3.63, 3.8) is 0 Å². The molecule has 7 heteroatoms. The average molecular weight is 341 g/mol. The van der Waals surface area contributed by atoms with Gasteiger partial charge in [-0.15, -0.1) is 0 Å². The molecule has 0 saturated heterocycles. The van der Waals surface area contributed by atoms with Gasteiger partial charge in [0, 0.05) is 32.2 Å². The number of anilines is 3. The maximum Gasteiger partial charge on any atom is 0.229 e. The highest BCUT2D eigenvalue weighted by molar-refractivity contribution is 5.56. The molecule has 3 rings (SSSR count). The smallest absolute Gasteiger partial charge is 0.229 e. The van der Waals surface area contributed by atoms with Gasteiger partial charge in [0.1, 0.15) is 23.1 Å². The summed E-state index contributed by atoms with van der Waals surface area (Å²) in [5.41, 5.74) is 0.904. The van der Waals surface area contributed by atoms with Crippen molar-refractivity contribution in [2.45, 2.75) is 6.42 Å². The lowest BCUT2D eigenvalue weighted by Gasteiger charge is -2.18. The Kier molecular flexibility index (Phi) is 5.13. The van der Waals surface area contributed by atoms with E-state index in [1.807, 2.05) is 24.1 Å². The molecule has 3 aromatic rings. The van der Waals surface area contributed by atoms with Crippen LogP contribution in [0.1, 0.15) is 5.56 Å². The Balaban J connectivity index is 1.70. The molecule has 0 aliphatic carbocycles. The number of rotatable bonds is 6. The molecule has 0 aliphatic heterocycles. The third-order valence-corrected chi connectivity index (χ3v) is 3.72. The van der Waals surface area contributed by atoms with Crippen molar-refractivity contribution in [1.82, 2.24) is 15.0 Å². The van der Waals surface area contributed by atoms with E-state index in [0.717, 1.165) is 13.0 Å². The maximum absolute atomic E-state index is 13.7. The first-order chi connectivity index (χ1) is 12.1. The second kappa shape index (κ2) is 7.65. The SMILES string of the molecule is CN(CCc1ccncc1)c1ccnc(Nc2c(F)cccc2F)n1. The van der Waals surface area contributed by atoms with E-state index in [9.17, 15) is 8.78 Å². The summed E-state index contributed by atoms with van der Waals surface area (Å²) in [6.07, 6.45) is 5.88. The van der Waals surface area contributed by atoms with Crippen LogP contribution in [0.4, 0.5) is 26.2 Å². The van der Waals surface area contributed by atoms with Crippen molar-refractivity contribution in [1.29, 1.82) is 0 Å². The minimum absolute atomic E-state index is 0.136. The molecule has 0 atom stereocenters. The van der Waals surface area contributed by atoms with Gasteiger partial charge in [-0.1, -0.05) is 6.07 Å². The van der Waals surface area contributed by atoms with Crippen LogP contribution in [0.2, 0.25) is 0 Å². The molecule has 1 N–H and O–H groups in total. The molecular formula is C18H17F2N5. The van der Waals surface area contributed by atoms with Gasteiger partial charge in [0.15, 0.2) is 0 Å². The maximum atomic E-state index is 13.7. The number of likely N-dealkylation sites (N-methyl/N-ethyl adjacent to an activating group) is 1. The van der Waals surface area contributed by atoms with Crippen LogP contribution in [0.5, 0.6) is 0 Å². The van der Waals surface area contributed by atoms with Gasteiger partial charge in [0.05, 0.1) is 0 Å². The summed E-state index contributed by atoms with van der Waals surface area (Å²) in [5, 5.41) is 2.60. The lowest BCUT2D eigenvalue weighted by Crippen LogP contribution is -2.21. The van der Waals surface area contributed by atoms with Crippen molar-refractivity contribution in [3.05, 3.63) is 72.2 Å². The van der Waals surface area contributed by atoms with E-state index in [4.69, 9.17) is 0 Å². The summed E-state index contributed by atoms with van der Waals surface area (Å²) in [6, 6.07) is 9.32. The second-order valence-corrected chi connectivity index (χ2v) is 5.49. The minimum atomic E-state index is -0.694. The van der Waals surface area contributed by atoms with Crippen LogP contribution in [-0.4, -0.2) is 28.5 Å². The third kappa shape index (κ3) is 4.26. The summed E-state index contributed by atoms with van der Waals surface area (Å²) >= 11 is 0. The Hall–Kier alpha value is -3.09. The average Bonchev–Trinajstić information content (AvgIpc) is 2.64. The normalized spacial score (nSPS) is 10.5. The molecule has 5 nitrogen and oxygen atoms in total. The highest BCUT2D eigenvalue weighted by Crippen LogP contribution is 2.22. The summed E-state index contributed by atoms with van der Waals surface area (Å²) in [5.74, 6) is -0.597. The number of nitrogens with one attached hydrogen (secondary N) is 1. The predicted octanol–water partition coefficient (Wildman–Crippen LogP) is 3.57. The van der Waals surface area contributed by atoms with Crippen molar-refractivity contribution in [3.8, 4) is 0 Å². The van der Waals surface area contributed by atoms with Gasteiger partial charge in [-0.25, -0.2) is 13.8 Å². The van der Waals surface area contributed by atoms with E-state index in [-0.39, 0.29) is 11.6 Å². The molecule has 2 heterocycles. The Bertz CT molecular complexity index is 822. The number of nitrogens with zero attached hydrogens (tertiary/aromatic N) is 4. The number of hydrogen-bond donors (Lipinski definition) is 1. The second-order valence-electron chi connectivity index (χ2n) is 5.49. The molecule has 1 aromatic carbocycles. The van der Waals surface area contributed by atoms with Crippen LogP contribution < -0.4 is 10.2 Å². The zero-order chi connectivity index (χ0) is 17.6. The van der Waals surface area contributed by atoms with Crippen molar-refractivity contribution in [2.75, 3.05) is 23.8 Å². The Morgan fingerprint density at radius 1 is 1.00 bits per heavy atom. The fourth-order valence-electron chi connectivity index (χ4n) is 2.31. The summed E-state index contributed by atoms with van der Waals surface area (Å²) < 4.78 is 27.5. The molecule has 0 radical (unpaired) electrons. The monoisotopic (exact) mass is 341 g/mol. The number of hydrogen-bond acceptors (Lipinski definition) is 5. The Morgan fingerprint density at radius 3 is 2.44 bits per heavy atom. The van der Waals surface area contributed by atoms with Crippen molar-refractivity contribution < 1.29 is 8.78 Å². The van der Waals surface area contributed by atoms with Gasteiger partial charge in [-0.05, 0) is 42.3 Å². The van der Waals surface area contributed by atoms with E-state index < -0.39 is 11.6 Å². The zero-order valence-corrected chi connectivity index (χ0v) is 13.7. The van der Waals surface area contributed by atoms with Crippen molar-refractivity contribution >= 4 is 17.5 Å². The van der Waals surface area contributed by atoms with Crippen LogP contribution in [-0.2, 0) is 6.42 Å². The molecule has 0 amide bonds. The molecule has 0 saturated carbocycles. The van der Waals surface area contributed by atoms with Gasteiger partial charge in [0.25, 0.3) is 0 Å². The van der Waals surface area contributed by atoms with Crippen LogP contribution >= 0.6 is 0 Å². The van der Waals surface area contributed by atoms with Gasteiger partial charge in [-0.3, -0.25) is 4.98 Å². The minimum Gasteiger partial charge on any atom is -0.359 e. The largest absolute Gasteiger partial charge is 0.359 e. The summed E-state index contributed by atoms with van der Waals surface area (Å²) in [6.45, 7) is 0.731. The van der Waals surface area contributed by atoms with E-state index >= 15 is 0 Å². The molecule has 2 aromatic heterocycles. The van der Waals surface area contributed by atoms with E-state index in [1.54, 1.807) is 24.7 Å². The first-order valence-electron chi connectivity index (χ1n) is 7.77. The predicted molar refractivity (Wildman–Crippen MR) is 92.9 cm³/mol. The van der Waals surface area contributed by atoms with E-state index in [0.29, 0.717) is 5.82 Å². The summed E-state index contributed by atoms with van der Waals surface area (Å²) in [4.78, 5) is 14.3. The van der Waals surface area contributed by atoms with Crippen LogP contribution in [0, 0.1) is 11.6 Å². The first-order valence-corrected chi connectivity index (χ1v) is 7.77. The first kappa shape index (κ1) is 16.8. The molecule has 0 unspecified atom stereocenters. The fraction of sp³-hybridized carbons (Fsp3) is 0.167. The highest BCUT2D eigenvalue weighted by Gasteiger charge is 2.11. The molecular weight excluding hydrogens is 324 g/mol. The third-order valence-electron chi connectivity index (χ3n) is 3.72. The van der Waals surface area contributed by atoms with Crippen molar-refractivity contribution in [2.24, 2.45) is 0 Å². The number of aromatic nitrogens is 3. The van der Waals surface area contributed by atoms with Gasteiger partial charge < -0.3 is 10.2 Å². The Labute approximate surface area is 144 Å². The molecule has 0 bridgehead atoms. The molecule has 0 fully saturated rings. The Morgan fingerprint density at radius 2 is 1.72 bits per heavy atom. The quantitative estimate of drug-likeness (QED) is 0.743. The number of benzene rings is 1. The summed E-state index contributed by atoms with van der Waals surface area (Å²) in [7, 11) is 1.90. The highest BCUT2D eigenvalue weighted by atomic mass is 19.1. The molecule has 0 spiro atoms. The van der Waals surface area contributed by atoms with Crippen LogP contribution in [0.25, 0.3) is 0 Å². The van der Waals surface area contributed by atoms with E-state index in [1.165, 1.54) is 23.8 Å². The fourth-order valence-corrected chi connectivity index (χ4v) is 2.31. The number of para-hydroxylation sites is 1. The molecule has 25 heavy (non-hydrogen) atoms. The van der Waals surface area contributed by atoms with E-state index in [2.05, 4.69) is 20.3 Å². The molecule has 128 valence electrons. The lowest BCUT2D eigenvalue weighted by molar-refractivity contribution is 0.590. The van der Waals surface area contributed by atoms with Gasteiger partial charge >= 0.3 is 0 Å². The van der Waals surface area contributed by atoms with Gasteiger partial charge in [0.2, 0.25) is 5.95 Å². The standard InChI is InChI=1S/C18H17F2N5/c1-25(12-8-13-5-9-21-10-6-13)16-7-11-22-18(23-16)24-17-14(19)3-2-4-15(17)20/h2-7,9-11H,8,12H2,1H3,(H,22,23,24). The number of pyridine rings is 1. The van der Waals surface area contributed by atoms with Crippen LogP contribution in [0.15, 0.2) is 55.0 Å². The van der Waals surface area contributed by atoms with Gasteiger partial charge in [-0.2, -0.15) is 4.98 Å². The van der Waals surface area contributed by atoms with Crippen LogP contribution in [0.3, 0.4) is 0 Å². The topological polar surface area (TPSA) is 53.9 Å². The lowest BCUT2D eigenvalue weighted by atomic mass is 10.2. The number of halogens is 2.